The van der Waals surface area contributed by atoms with Gasteiger partial charge in [0.05, 0.1) is 6.04 Å². The Bertz CT molecular complexity index is 154. The Morgan fingerprint density at radius 2 is 1.83 bits per heavy atom. The highest BCUT2D eigenvalue weighted by Crippen LogP contribution is 2.18. The maximum Gasteiger partial charge on any atom is 0.173 e. The van der Waals surface area contributed by atoms with Crippen molar-refractivity contribution in [2.24, 2.45) is 5.73 Å². The van der Waals surface area contributed by atoms with E-state index in [2.05, 4.69) is 4.74 Å². The van der Waals surface area contributed by atoms with Gasteiger partial charge in [-0.3, -0.25) is 0 Å². The van der Waals surface area contributed by atoms with Gasteiger partial charge in [-0.2, -0.15) is 0 Å². The van der Waals surface area contributed by atoms with E-state index in [0.717, 1.165) is 0 Å². The molecule has 12 heavy (non-hydrogen) atoms. The smallest absolute Gasteiger partial charge is 0.173 e. The molecule has 1 aliphatic rings. The van der Waals surface area contributed by atoms with Crippen LogP contribution in [0.15, 0.2) is 0 Å². The first-order valence-corrected chi connectivity index (χ1v) is 3.59. The van der Waals surface area contributed by atoms with E-state index in [9.17, 15) is 4.39 Å². The number of hydrogen-bond donors (Lipinski definition) is 4. The van der Waals surface area contributed by atoms with Gasteiger partial charge in [-0.05, 0) is 0 Å². The van der Waals surface area contributed by atoms with Gasteiger partial charge in [-0.25, -0.2) is 4.39 Å². The maximum absolute atomic E-state index is 12.1. The molecule has 1 rings (SSSR count). The van der Waals surface area contributed by atoms with Crippen molar-refractivity contribution in [2.45, 2.75) is 30.6 Å². The van der Waals surface area contributed by atoms with E-state index >= 15 is 0 Å². The minimum absolute atomic E-state index is 0.970. The van der Waals surface area contributed by atoms with E-state index in [1.807, 2.05) is 0 Å². The average molecular weight is 181 g/mol. The molecule has 0 spiro atoms. The van der Waals surface area contributed by atoms with E-state index in [4.69, 9.17) is 21.1 Å². The van der Waals surface area contributed by atoms with Gasteiger partial charge >= 0.3 is 0 Å². The summed E-state index contributed by atoms with van der Waals surface area (Å²) in [7, 11) is 0. The summed E-state index contributed by atoms with van der Waals surface area (Å²) in [5.74, 6) is 0. The number of ether oxygens (including phenoxy) is 1. The molecular weight excluding hydrogens is 169 g/mol. The lowest BCUT2D eigenvalue weighted by molar-refractivity contribution is -0.244. The van der Waals surface area contributed by atoms with Crippen LogP contribution in [-0.4, -0.2) is 52.6 Å². The van der Waals surface area contributed by atoms with Gasteiger partial charge in [0.1, 0.15) is 25.0 Å². The van der Waals surface area contributed by atoms with Gasteiger partial charge in [-0.15, -0.1) is 0 Å². The van der Waals surface area contributed by atoms with E-state index in [-0.39, 0.29) is 0 Å². The van der Waals surface area contributed by atoms with Crippen molar-refractivity contribution < 1.29 is 24.4 Å². The Morgan fingerprint density at radius 1 is 1.25 bits per heavy atom. The Labute approximate surface area is 68.6 Å². The van der Waals surface area contributed by atoms with Crippen LogP contribution in [0.2, 0.25) is 0 Å². The predicted molar refractivity (Wildman–Crippen MR) is 36.8 cm³/mol. The van der Waals surface area contributed by atoms with Gasteiger partial charge in [0, 0.05) is 0 Å². The molecule has 0 radical (unpaired) electrons. The SMILES string of the molecule is N[C@@H]1C(O)O[C@H](CF)[C@@H](O)[C@@H]1O. The second kappa shape index (κ2) is 3.63. The molecular formula is C6H12FNO4. The van der Waals surface area contributed by atoms with E-state index in [1.165, 1.54) is 0 Å². The first-order valence-electron chi connectivity index (χ1n) is 3.59. The molecule has 0 aromatic heterocycles. The summed E-state index contributed by atoms with van der Waals surface area (Å²) in [4.78, 5) is 0. The fourth-order valence-electron chi connectivity index (χ4n) is 1.09. The van der Waals surface area contributed by atoms with Crippen molar-refractivity contribution in [3.63, 3.8) is 0 Å². The molecule has 6 heteroatoms. The second-order valence-electron chi connectivity index (χ2n) is 2.78. The summed E-state index contributed by atoms with van der Waals surface area (Å²) in [6.45, 7) is -0.970. The third-order valence-electron chi connectivity index (χ3n) is 1.92. The molecule has 0 aliphatic carbocycles. The summed E-state index contributed by atoms with van der Waals surface area (Å²) in [5, 5.41) is 27.2. The zero-order chi connectivity index (χ0) is 9.30. The normalized spacial score (nSPS) is 49.2. The summed E-state index contributed by atoms with van der Waals surface area (Å²) in [6, 6.07) is -1.09. The molecule has 0 aromatic rings. The van der Waals surface area contributed by atoms with Crippen LogP contribution in [0.4, 0.5) is 4.39 Å². The zero-order valence-corrected chi connectivity index (χ0v) is 6.30. The van der Waals surface area contributed by atoms with E-state index in [0.29, 0.717) is 0 Å². The van der Waals surface area contributed by atoms with Crippen molar-refractivity contribution in [3.8, 4) is 0 Å². The number of aliphatic hydroxyl groups excluding tert-OH is 3. The summed E-state index contributed by atoms with van der Waals surface area (Å²) in [6.07, 6.45) is -5.36. The molecule has 1 unspecified atom stereocenters. The number of rotatable bonds is 1. The number of alkyl halides is 1. The summed E-state index contributed by atoms with van der Waals surface area (Å²) < 4.78 is 16.6. The second-order valence-corrected chi connectivity index (χ2v) is 2.78. The van der Waals surface area contributed by atoms with Crippen LogP contribution in [0.25, 0.3) is 0 Å². The molecule has 1 saturated heterocycles. The van der Waals surface area contributed by atoms with E-state index < -0.39 is 37.3 Å². The Morgan fingerprint density at radius 3 is 2.33 bits per heavy atom. The van der Waals surface area contributed by atoms with Crippen molar-refractivity contribution in [2.75, 3.05) is 6.67 Å². The fourth-order valence-corrected chi connectivity index (χ4v) is 1.09. The lowest BCUT2D eigenvalue weighted by Gasteiger charge is -2.37. The number of halogens is 1. The molecule has 5 atom stereocenters. The van der Waals surface area contributed by atoms with Crippen LogP contribution in [0.1, 0.15) is 0 Å². The minimum Gasteiger partial charge on any atom is -0.388 e. The van der Waals surface area contributed by atoms with Crippen LogP contribution in [0.3, 0.4) is 0 Å². The van der Waals surface area contributed by atoms with Crippen molar-refractivity contribution in [3.05, 3.63) is 0 Å². The maximum atomic E-state index is 12.1. The minimum atomic E-state index is -1.43. The largest absolute Gasteiger partial charge is 0.388 e. The Kier molecular flexibility index (Phi) is 2.97. The lowest BCUT2D eigenvalue weighted by Crippen LogP contribution is -2.61. The van der Waals surface area contributed by atoms with Crippen LogP contribution in [0.5, 0.6) is 0 Å². The highest BCUT2D eigenvalue weighted by Gasteiger charge is 2.41. The standard InChI is InChI=1S/C6H12FNO4/c7-1-2-4(9)5(10)3(8)6(11)12-2/h2-6,9-11H,1,8H2/t2-,3+,4-,5-,6?/m1/s1. The molecule has 0 amide bonds. The molecule has 0 bridgehead atoms. The zero-order valence-electron chi connectivity index (χ0n) is 6.30. The lowest BCUT2D eigenvalue weighted by atomic mass is 9.98. The molecule has 72 valence electrons. The van der Waals surface area contributed by atoms with Crippen LogP contribution in [0, 0.1) is 0 Å². The topological polar surface area (TPSA) is 95.9 Å². The molecule has 5 nitrogen and oxygen atoms in total. The number of nitrogens with two attached hydrogens (primary N) is 1. The Hall–Kier alpha value is -0.270. The predicted octanol–water partition coefficient (Wildman–Crippen LogP) is -2.28. The van der Waals surface area contributed by atoms with Gasteiger partial charge in [0.2, 0.25) is 0 Å². The van der Waals surface area contributed by atoms with Gasteiger partial charge in [-0.1, -0.05) is 0 Å². The third-order valence-corrected chi connectivity index (χ3v) is 1.92. The van der Waals surface area contributed by atoms with Gasteiger partial charge in [0.25, 0.3) is 0 Å². The molecule has 0 saturated carbocycles. The van der Waals surface area contributed by atoms with Crippen LogP contribution >= 0.6 is 0 Å². The summed E-state index contributed by atoms with van der Waals surface area (Å²) in [5.41, 5.74) is 5.22. The van der Waals surface area contributed by atoms with Crippen LogP contribution < -0.4 is 5.73 Å². The van der Waals surface area contributed by atoms with Crippen molar-refractivity contribution in [1.29, 1.82) is 0 Å². The van der Waals surface area contributed by atoms with Gasteiger partial charge < -0.3 is 25.8 Å². The van der Waals surface area contributed by atoms with E-state index in [1.54, 1.807) is 0 Å². The third kappa shape index (κ3) is 1.57. The first kappa shape index (κ1) is 9.82. The molecule has 1 heterocycles. The monoisotopic (exact) mass is 181 g/mol. The quantitative estimate of drug-likeness (QED) is 0.365. The first-order chi connectivity index (χ1) is 5.57. The molecule has 1 fully saturated rings. The fraction of sp³-hybridized carbons (Fsp3) is 1.00. The van der Waals surface area contributed by atoms with Gasteiger partial charge in [0.15, 0.2) is 6.29 Å². The summed E-state index contributed by atoms with van der Waals surface area (Å²) >= 11 is 0. The number of aliphatic hydroxyl groups is 3. The highest BCUT2D eigenvalue weighted by molar-refractivity contribution is 4.90. The molecule has 5 N–H and O–H groups in total. The Balaban J connectivity index is 2.63. The van der Waals surface area contributed by atoms with Crippen molar-refractivity contribution in [1.82, 2.24) is 0 Å². The van der Waals surface area contributed by atoms with Crippen molar-refractivity contribution >= 4 is 0 Å². The highest BCUT2D eigenvalue weighted by atomic mass is 19.1. The molecule has 0 aromatic carbocycles. The van der Waals surface area contributed by atoms with Crippen LogP contribution in [-0.2, 0) is 4.74 Å². The number of hydrogen-bond acceptors (Lipinski definition) is 5. The average Bonchev–Trinajstić information content (AvgIpc) is 2.08. The molecule has 1 aliphatic heterocycles.